The highest BCUT2D eigenvalue weighted by Gasteiger charge is 2.45. The van der Waals surface area contributed by atoms with Crippen LogP contribution in [0.2, 0.25) is 0 Å². The lowest BCUT2D eigenvalue weighted by atomic mass is 10.3. The van der Waals surface area contributed by atoms with E-state index in [9.17, 15) is 9.59 Å². The van der Waals surface area contributed by atoms with Crippen molar-refractivity contribution in [3.63, 3.8) is 0 Å². The first-order valence-electron chi connectivity index (χ1n) is 12.3. The minimum atomic E-state index is -2.06. The summed E-state index contributed by atoms with van der Waals surface area (Å²) in [6.45, 7) is 3.00. The van der Waals surface area contributed by atoms with Crippen molar-refractivity contribution in [3.8, 4) is 0 Å². The molecule has 0 radical (unpaired) electrons. The minimum Gasteiger partial charge on any atom is -0.370 e. The normalized spacial score (nSPS) is 10.7. The fourth-order valence-electron chi connectivity index (χ4n) is 4.38. The first kappa shape index (κ1) is 30.5. The standard InChI is InChI=1S/C29H37N5O2P.CH3/c1-24(35)34(20-19-32(2)28(36)23-33(3)29(30)31)21-22-37(25-13-7-4-8-14-25,26-15-9-5-10-16-26)27-17-11-6-12-18-27;/h4-18H,19-23H2,1-3H3,(H3,30,31);1H3/q+1;-1. The van der Waals surface area contributed by atoms with Gasteiger partial charge in [-0.3, -0.25) is 15.0 Å². The van der Waals surface area contributed by atoms with Crippen molar-refractivity contribution in [2.24, 2.45) is 5.73 Å². The summed E-state index contributed by atoms with van der Waals surface area (Å²) in [5, 5.41) is 11.3. The molecule has 3 aromatic carbocycles. The Kier molecular flexibility index (Phi) is 11.5. The molecule has 0 saturated carbocycles. The number of hydrogen-bond acceptors (Lipinski definition) is 3. The van der Waals surface area contributed by atoms with E-state index in [1.807, 2.05) is 23.1 Å². The van der Waals surface area contributed by atoms with Crippen LogP contribution in [0.1, 0.15) is 6.92 Å². The average Bonchev–Trinajstić information content (AvgIpc) is 2.91. The lowest BCUT2D eigenvalue weighted by Crippen LogP contribution is -2.45. The molecule has 202 valence electrons. The highest BCUT2D eigenvalue weighted by atomic mass is 31.2. The second kappa shape index (κ2) is 14.3. The molecule has 0 aliphatic heterocycles. The molecule has 7 nitrogen and oxygen atoms in total. The third-order valence-electron chi connectivity index (χ3n) is 6.66. The van der Waals surface area contributed by atoms with Gasteiger partial charge in [-0.15, -0.1) is 0 Å². The first-order valence-corrected chi connectivity index (χ1v) is 14.3. The number of hydrogen-bond donors (Lipinski definition) is 2. The summed E-state index contributed by atoms with van der Waals surface area (Å²) in [7, 11) is 1.26. The molecule has 0 aliphatic carbocycles. The molecule has 0 aromatic heterocycles. The zero-order valence-electron chi connectivity index (χ0n) is 22.9. The molecule has 0 heterocycles. The number of carbonyl (C=O) groups excluding carboxylic acids is 2. The first-order chi connectivity index (χ1) is 17.8. The molecule has 0 bridgehead atoms. The van der Waals surface area contributed by atoms with Crippen LogP contribution in [0.5, 0.6) is 0 Å². The number of guanidine groups is 1. The SMILES string of the molecule is CC(=O)N(CCN(C)C(=O)CN(C)C(=N)N)CC[P+](c1ccccc1)(c1ccccc1)c1ccccc1.[CH3-]. The van der Waals surface area contributed by atoms with Crippen molar-refractivity contribution in [1.29, 1.82) is 5.41 Å². The van der Waals surface area contributed by atoms with E-state index >= 15 is 0 Å². The van der Waals surface area contributed by atoms with E-state index in [0.717, 1.165) is 6.16 Å². The predicted octanol–water partition coefficient (Wildman–Crippen LogP) is 2.56. The van der Waals surface area contributed by atoms with Crippen LogP contribution in [0, 0.1) is 12.8 Å². The van der Waals surface area contributed by atoms with Gasteiger partial charge in [0.15, 0.2) is 5.96 Å². The number of nitrogens with one attached hydrogen (secondary N) is 1. The van der Waals surface area contributed by atoms with Gasteiger partial charge in [0.2, 0.25) is 11.8 Å². The lowest BCUT2D eigenvalue weighted by Gasteiger charge is -2.31. The molecule has 3 aromatic rings. The van der Waals surface area contributed by atoms with Gasteiger partial charge in [0.25, 0.3) is 0 Å². The van der Waals surface area contributed by atoms with E-state index in [4.69, 9.17) is 11.1 Å². The van der Waals surface area contributed by atoms with Crippen molar-refractivity contribution in [2.45, 2.75) is 6.92 Å². The van der Waals surface area contributed by atoms with Crippen LogP contribution in [-0.2, 0) is 9.59 Å². The van der Waals surface area contributed by atoms with Gasteiger partial charge >= 0.3 is 0 Å². The predicted molar refractivity (Wildman–Crippen MR) is 161 cm³/mol. The summed E-state index contributed by atoms with van der Waals surface area (Å²) in [6.07, 6.45) is 0.787. The lowest BCUT2D eigenvalue weighted by molar-refractivity contribution is -0.133. The van der Waals surface area contributed by atoms with E-state index < -0.39 is 7.26 Å². The van der Waals surface area contributed by atoms with Crippen molar-refractivity contribution in [1.82, 2.24) is 14.7 Å². The Morgan fingerprint density at radius 2 is 1.16 bits per heavy atom. The van der Waals surface area contributed by atoms with Crippen LogP contribution in [0.4, 0.5) is 0 Å². The van der Waals surface area contributed by atoms with Crippen LogP contribution in [0.3, 0.4) is 0 Å². The molecule has 3 rings (SSSR count). The Bertz CT molecular complexity index is 1080. The zero-order chi connectivity index (χ0) is 26.8. The number of rotatable bonds is 11. The number of nitrogens with two attached hydrogens (primary N) is 1. The molecule has 3 N–H and O–H groups in total. The van der Waals surface area contributed by atoms with E-state index in [0.29, 0.717) is 19.6 Å². The number of carbonyl (C=O) groups is 2. The molecule has 2 amide bonds. The van der Waals surface area contributed by atoms with E-state index in [1.54, 1.807) is 25.9 Å². The molecule has 0 fully saturated rings. The largest absolute Gasteiger partial charge is 0.370 e. The Morgan fingerprint density at radius 1 is 0.737 bits per heavy atom. The Labute approximate surface area is 228 Å². The van der Waals surface area contributed by atoms with Crippen LogP contribution in [0.25, 0.3) is 0 Å². The topological polar surface area (TPSA) is 93.7 Å². The van der Waals surface area contributed by atoms with E-state index in [-0.39, 0.29) is 31.7 Å². The molecular formula is C30H40N5O2P. The number of benzene rings is 3. The van der Waals surface area contributed by atoms with Gasteiger partial charge in [0.1, 0.15) is 23.2 Å². The van der Waals surface area contributed by atoms with Crippen LogP contribution in [-0.4, -0.2) is 78.9 Å². The van der Waals surface area contributed by atoms with Crippen LogP contribution in [0.15, 0.2) is 91.0 Å². The maximum atomic E-state index is 12.7. The quantitative estimate of drug-likeness (QED) is 0.172. The van der Waals surface area contributed by atoms with Crippen molar-refractivity contribution >= 4 is 41.0 Å². The molecular weight excluding hydrogens is 493 g/mol. The molecule has 0 spiro atoms. The van der Waals surface area contributed by atoms with Crippen molar-refractivity contribution < 1.29 is 9.59 Å². The third kappa shape index (κ3) is 7.42. The molecule has 0 atom stereocenters. The molecule has 0 aliphatic rings. The molecule has 38 heavy (non-hydrogen) atoms. The smallest absolute Gasteiger partial charge is 0.241 e. The maximum absolute atomic E-state index is 12.7. The van der Waals surface area contributed by atoms with Gasteiger partial charge in [-0.05, 0) is 36.4 Å². The van der Waals surface area contributed by atoms with E-state index in [2.05, 4.69) is 72.8 Å². The van der Waals surface area contributed by atoms with Gasteiger partial charge < -0.3 is 27.9 Å². The third-order valence-corrected chi connectivity index (χ3v) is 11.1. The minimum absolute atomic E-state index is 0. The van der Waals surface area contributed by atoms with Gasteiger partial charge in [-0.1, -0.05) is 54.6 Å². The summed E-state index contributed by atoms with van der Waals surface area (Å²) in [4.78, 5) is 30.1. The maximum Gasteiger partial charge on any atom is 0.241 e. The number of likely N-dealkylation sites (N-methyl/N-ethyl adjacent to an activating group) is 2. The second-order valence-corrected chi connectivity index (χ2v) is 12.7. The fraction of sp³-hybridized carbons (Fsp3) is 0.267. The van der Waals surface area contributed by atoms with Gasteiger partial charge in [0.05, 0.1) is 19.3 Å². The van der Waals surface area contributed by atoms with Crippen molar-refractivity contribution in [2.75, 3.05) is 46.4 Å². The highest BCUT2D eigenvalue weighted by molar-refractivity contribution is 7.95. The Hall–Kier alpha value is -3.70. The molecule has 8 heteroatoms. The Morgan fingerprint density at radius 3 is 1.53 bits per heavy atom. The summed E-state index contributed by atoms with van der Waals surface area (Å²) < 4.78 is 0. The highest BCUT2D eigenvalue weighted by Crippen LogP contribution is 2.55. The fourth-order valence-corrected chi connectivity index (χ4v) is 8.64. The monoisotopic (exact) mass is 533 g/mol. The van der Waals surface area contributed by atoms with Gasteiger partial charge in [-0.2, -0.15) is 0 Å². The summed E-state index contributed by atoms with van der Waals surface area (Å²) in [5.41, 5.74) is 5.46. The zero-order valence-corrected chi connectivity index (χ0v) is 23.8. The summed E-state index contributed by atoms with van der Waals surface area (Å²) in [5.74, 6) is -0.329. The van der Waals surface area contributed by atoms with Gasteiger partial charge in [-0.25, -0.2) is 0 Å². The van der Waals surface area contributed by atoms with Crippen molar-refractivity contribution in [3.05, 3.63) is 98.4 Å². The average molecular weight is 534 g/mol. The van der Waals surface area contributed by atoms with E-state index in [1.165, 1.54) is 20.8 Å². The molecule has 0 saturated heterocycles. The second-order valence-electron chi connectivity index (χ2n) is 9.10. The van der Waals surface area contributed by atoms with Gasteiger partial charge in [0, 0.05) is 34.1 Å². The Balaban J connectivity index is 0.00000507. The number of nitrogens with zero attached hydrogens (tertiary/aromatic N) is 3. The van der Waals surface area contributed by atoms with Crippen LogP contribution < -0.4 is 21.6 Å². The van der Waals surface area contributed by atoms with Crippen LogP contribution >= 0.6 is 7.26 Å². The summed E-state index contributed by atoms with van der Waals surface area (Å²) in [6, 6.07) is 31.8. The molecule has 0 unspecified atom stereocenters. The number of amides is 2. The summed E-state index contributed by atoms with van der Waals surface area (Å²) >= 11 is 0.